The number of hydrogen-bond acceptors (Lipinski definition) is 5. The van der Waals surface area contributed by atoms with Gasteiger partial charge in [0.2, 0.25) is 10.0 Å². The van der Waals surface area contributed by atoms with Gasteiger partial charge in [0, 0.05) is 60.5 Å². The Morgan fingerprint density at radius 3 is 2.64 bits per heavy atom. The number of nitrogens with zero attached hydrogens (tertiary/aromatic N) is 4. The third-order valence-corrected chi connectivity index (χ3v) is 7.55. The average molecular weight is 462 g/mol. The lowest BCUT2D eigenvalue weighted by molar-refractivity contribution is 0.255. The second-order valence-corrected chi connectivity index (χ2v) is 10.6. The monoisotopic (exact) mass is 461 g/mol. The Morgan fingerprint density at radius 1 is 1.06 bits per heavy atom. The Hall–Kier alpha value is -3.28. The first kappa shape index (κ1) is 21.6. The summed E-state index contributed by atoms with van der Waals surface area (Å²) in [5, 5.41) is 11.4. The van der Waals surface area contributed by atoms with E-state index in [1.807, 2.05) is 24.4 Å². The largest absolute Gasteiger partial charge is 0.368 e. The second-order valence-electron chi connectivity index (χ2n) is 8.71. The summed E-state index contributed by atoms with van der Waals surface area (Å²) in [6.45, 7) is 5.13. The number of benzene rings is 2. The summed E-state index contributed by atoms with van der Waals surface area (Å²) in [6, 6.07) is 16.4. The summed E-state index contributed by atoms with van der Waals surface area (Å²) in [4.78, 5) is 8.27. The number of rotatable bonds is 6. The van der Waals surface area contributed by atoms with Crippen molar-refractivity contribution in [1.82, 2.24) is 13.9 Å². The summed E-state index contributed by atoms with van der Waals surface area (Å²) >= 11 is 0. The highest BCUT2D eigenvalue weighted by atomic mass is 32.2. The molecule has 7 nitrogen and oxygen atoms in total. The van der Waals surface area contributed by atoms with Crippen molar-refractivity contribution in [2.24, 2.45) is 0 Å². The molecule has 1 saturated heterocycles. The molecule has 0 spiro atoms. The Labute approximate surface area is 193 Å². The van der Waals surface area contributed by atoms with Gasteiger partial charge in [0.15, 0.2) is 0 Å². The van der Waals surface area contributed by atoms with E-state index in [0.29, 0.717) is 16.5 Å². The van der Waals surface area contributed by atoms with Crippen LogP contribution in [0.2, 0.25) is 0 Å². The van der Waals surface area contributed by atoms with Gasteiger partial charge < -0.3 is 9.88 Å². The first-order valence-corrected chi connectivity index (χ1v) is 13.1. The van der Waals surface area contributed by atoms with Crippen LogP contribution in [-0.4, -0.2) is 61.3 Å². The zero-order valence-electron chi connectivity index (χ0n) is 18.7. The molecule has 33 heavy (non-hydrogen) atoms. The number of aromatic amines is 1. The van der Waals surface area contributed by atoms with E-state index in [0.717, 1.165) is 57.4 Å². The molecule has 1 aliphatic rings. The minimum atomic E-state index is -3.44. The highest BCUT2D eigenvalue weighted by Crippen LogP contribution is 2.27. The summed E-state index contributed by atoms with van der Waals surface area (Å²) in [5.74, 6) is 0. The number of nitrogens with one attached hydrogen (secondary N) is 1. The van der Waals surface area contributed by atoms with Crippen molar-refractivity contribution < 1.29 is 8.42 Å². The van der Waals surface area contributed by atoms with Crippen LogP contribution in [0.1, 0.15) is 17.5 Å². The van der Waals surface area contributed by atoms with Crippen molar-refractivity contribution in [2.75, 3.05) is 43.9 Å². The van der Waals surface area contributed by atoms with Crippen LogP contribution in [0.25, 0.3) is 21.8 Å². The summed E-state index contributed by atoms with van der Waals surface area (Å²) in [5.41, 5.74) is 4.56. The van der Waals surface area contributed by atoms with E-state index in [1.54, 1.807) is 0 Å². The third-order valence-electron chi connectivity index (χ3n) is 6.54. The molecule has 0 atom stereocenters. The van der Waals surface area contributed by atoms with Crippen molar-refractivity contribution in [2.45, 2.75) is 12.8 Å². The first-order chi connectivity index (χ1) is 15.9. The number of aryl methyl sites for hydroxylation is 1. The number of H-pyrrole nitrogens is 1. The first-order valence-electron chi connectivity index (χ1n) is 11.2. The van der Waals surface area contributed by atoms with E-state index in [1.165, 1.54) is 26.8 Å². The number of fused-ring (bicyclic) bond motifs is 2. The fourth-order valence-corrected chi connectivity index (χ4v) is 5.64. The van der Waals surface area contributed by atoms with Crippen molar-refractivity contribution in [1.29, 1.82) is 5.26 Å². The summed E-state index contributed by atoms with van der Waals surface area (Å²) < 4.78 is 25.2. The van der Waals surface area contributed by atoms with E-state index in [-0.39, 0.29) is 0 Å². The van der Waals surface area contributed by atoms with Gasteiger partial charge in [-0.2, -0.15) is 5.26 Å². The van der Waals surface area contributed by atoms with Crippen LogP contribution in [0.4, 0.5) is 5.69 Å². The molecular weight excluding hydrogens is 434 g/mol. The highest BCUT2D eigenvalue weighted by Gasteiger charge is 2.19. The molecule has 0 aliphatic carbocycles. The van der Waals surface area contributed by atoms with Gasteiger partial charge in [-0.3, -0.25) is 4.90 Å². The van der Waals surface area contributed by atoms with E-state index in [9.17, 15) is 13.7 Å². The molecule has 170 valence electrons. The standard InChI is InChI=1S/C25H27N5O2S/c1-33(31,32)30-18-20(17-26)22-16-19(7-8-25(22)30)4-3-11-28-12-14-29(15-13-28)24-6-2-5-23-21(24)9-10-27-23/h2,5-10,16,18,27H,3-4,11-15H2,1H3. The molecule has 1 N–H and O–H groups in total. The fourth-order valence-electron chi connectivity index (χ4n) is 4.83. The molecule has 0 amide bonds. The fraction of sp³-hybridized carbons (Fsp3) is 0.320. The number of nitriles is 1. The van der Waals surface area contributed by atoms with Crippen LogP contribution in [0, 0.1) is 11.3 Å². The van der Waals surface area contributed by atoms with Crippen LogP contribution < -0.4 is 4.90 Å². The smallest absolute Gasteiger partial charge is 0.236 e. The van der Waals surface area contributed by atoms with Crippen molar-refractivity contribution in [3.05, 3.63) is 66.0 Å². The minimum Gasteiger partial charge on any atom is -0.368 e. The van der Waals surface area contributed by atoms with Gasteiger partial charge in [0.1, 0.15) is 6.07 Å². The maximum absolute atomic E-state index is 12.0. The van der Waals surface area contributed by atoms with E-state index < -0.39 is 10.0 Å². The Morgan fingerprint density at radius 2 is 1.88 bits per heavy atom. The van der Waals surface area contributed by atoms with Crippen LogP contribution in [0.15, 0.2) is 54.9 Å². The molecule has 2 aromatic carbocycles. The average Bonchev–Trinajstić information content (AvgIpc) is 3.43. The van der Waals surface area contributed by atoms with Crippen molar-refractivity contribution in [3.8, 4) is 6.07 Å². The van der Waals surface area contributed by atoms with Gasteiger partial charge >= 0.3 is 0 Å². The lowest BCUT2D eigenvalue weighted by Gasteiger charge is -2.36. The number of anilines is 1. The lowest BCUT2D eigenvalue weighted by atomic mass is 10.1. The number of aromatic nitrogens is 2. The molecule has 1 aliphatic heterocycles. The molecule has 0 bridgehead atoms. The molecule has 5 rings (SSSR count). The molecule has 0 unspecified atom stereocenters. The minimum absolute atomic E-state index is 0.394. The molecule has 3 heterocycles. The lowest BCUT2D eigenvalue weighted by Crippen LogP contribution is -2.46. The van der Waals surface area contributed by atoms with Crippen molar-refractivity contribution in [3.63, 3.8) is 0 Å². The van der Waals surface area contributed by atoms with Gasteiger partial charge in [0.25, 0.3) is 0 Å². The summed E-state index contributed by atoms with van der Waals surface area (Å²) in [7, 11) is -3.44. The van der Waals surface area contributed by atoms with Crippen LogP contribution in [-0.2, 0) is 16.4 Å². The molecule has 0 saturated carbocycles. The van der Waals surface area contributed by atoms with E-state index >= 15 is 0 Å². The summed E-state index contributed by atoms with van der Waals surface area (Å²) in [6.07, 6.45) is 6.48. The molecule has 4 aromatic rings. The van der Waals surface area contributed by atoms with Crippen LogP contribution >= 0.6 is 0 Å². The number of piperazine rings is 1. The SMILES string of the molecule is CS(=O)(=O)n1cc(C#N)c2cc(CCCN3CCN(c4cccc5[nH]ccc45)CC3)ccc21. The zero-order chi connectivity index (χ0) is 23.0. The maximum atomic E-state index is 12.0. The van der Waals surface area contributed by atoms with Gasteiger partial charge in [-0.05, 0) is 55.3 Å². The van der Waals surface area contributed by atoms with Gasteiger partial charge in [0.05, 0.1) is 17.3 Å². The van der Waals surface area contributed by atoms with Crippen LogP contribution in [0.5, 0.6) is 0 Å². The second kappa shape index (κ2) is 8.58. The quantitative estimate of drug-likeness (QED) is 0.475. The zero-order valence-corrected chi connectivity index (χ0v) is 19.5. The molecule has 0 radical (unpaired) electrons. The Bertz CT molecular complexity index is 1450. The van der Waals surface area contributed by atoms with Crippen molar-refractivity contribution >= 4 is 37.5 Å². The highest BCUT2D eigenvalue weighted by molar-refractivity contribution is 7.89. The number of hydrogen-bond donors (Lipinski definition) is 1. The Balaban J connectivity index is 1.19. The van der Waals surface area contributed by atoms with E-state index in [2.05, 4.69) is 45.1 Å². The molecule has 1 fully saturated rings. The molecular formula is C25H27N5O2S. The normalized spacial score (nSPS) is 15.3. The van der Waals surface area contributed by atoms with Gasteiger partial charge in [-0.15, -0.1) is 0 Å². The predicted octanol–water partition coefficient (Wildman–Crippen LogP) is 3.56. The van der Waals surface area contributed by atoms with Crippen LogP contribution in [0.3, 0.4) is 0 Å². The van der Waals surface area contributed by atoms with Gasteiger partial charge in [-0.25, -0.2) is 12.4 Å². The third kappa shape index (κ3) is 4.22. The molecule has 2 aromatic heterocycles. The predicted molar refractivity (Wildman–Crippen MR) is 132 cm³/mol. The van der Waals surface area contributed by atoms with Gasteiger partial charge in [-0.1, -0.05) is 12.1 Å². The molecule has 8 heteroatoms. The van der Waals surface area contributed by atoms with E-state index in [4.69, 9.17) is 0 Å². The Kier molecular flexibility index (Phi) is 5.60. The maximum Gasteiger partial charge on any atom is 0.236 e. The topological polar surface area (TPSA) is 85.1 Å².